The smallest absolute Gasteiger partial charge is 0.254 e. The number of amides is 1. The van der Waals surface area contributed by atoms with Gasteiger partial charge in [0.15, 0.2) is 0 Å². The summed E-state index contributed by atoms with van der Waals surface area (Å²) < 4.78 is 33.2. The third kappa shape index (κ3) is 4.23. The second-order valence-electron chi connectivity index (χ2n) is 8.86. The second kappa shape index (κ2) is 8.36. The normalized spacial score (nSPS) is 31.3. The molecule has 1 amide bonds. The third-order valence-corrected chi connectivity index (χ3v) is 8.48. The largest absolute Gasteiger partial charge is 0.373 e. The molecule has 1 aliphatic carbocycles. The number of piperidine rings is 1. The lowest BCUT2D eigenvalue weighted by Crippen LogP contribution is -2.49. The minimum atomic E-state index is -3.59. The van der Waals surface area contributed by atoms with Gasteiger partial charge in [0.25, 0.3) is 5.91 Å². The van der Waals surface area contributed by atoms with Gasteiger partial charge in [-0.2, -0.15) is 4.31 Å². The van der Waals surface area contributed by atoms with E-state index in [0.29, 0.717) is 30.6 Å². The first-order valence-corrected chi connectivity index (χ1v) is 12.4. The number of likely N-dealkylation sites (tertiary alicyclic amines) is 1. The number of nitrogens with zero attached hydrogens (tertiary/aromatic N) is 2. The van der Waals surface area contributed by atoms with Gasteiger partial charge in [-0.25, -0.2) is 8.42 Å². The molecule has 2 saturated heterocycles. The fourth-order valence-corrected chi connectivity index (χ4v) is 6.88. The van der Waals surface area contributed by atoms with Crippen LogP contribution in [0.15, 0.2) is 29.2 Å². The molecular formula is C22H32N2O4S. The summed E-state index contributed by atoms with van der Waals surface area (Å²) in [7, 11) is -3.59. The predicted octanol–water partition coefficient (Wildman–Crippen LogP) is 3.28. The van der Waals surface area contributed by atoms with E-state index in [1.165, 1.54) is 30.0 Å². The minimum Gasteiger partial charge on any atom is -0.373 e. The summed E-state index contributed by atoms with van der Waals surface area (Å²) in [6.45, 7) is 5.28. The maximum Gasteiger partial charge on any atom is 0.254 e. The Morgan fingerprint density at radius 1 is 0.966 bits per heavy atom. The molecule has 1 saturated carbocycles. The van der Waals surface area contributed by atoms with Crippen molar-refractivity contribution in [1.82, 2.24) is 9.21 Å². The number of hydrogen-bond donors (Lipinski definition) is 0. The number of rotatable bonds is 3. The van der Waals surface area contributed by atoms with Crippen LogP contribution in [0.2, 0.25) is 0 Å². The molecule has 6 nitrogen and oxygen atoms in total. The molecule has 4 atom stereocenters. The van der Waals surface area contributed by atoms with Crippen molar-refractivity contribution in [1.29, 1.82) is 0 Å². The van der Waals surface area contributed by atoms with Gasteiger partial charge in [-0.05, 0) is 69.7 Å². The molecule has 0 radical (unpaired) electrons. The molecule has 0 bridgehead atoms. The lowest BCUT2D eigenvalue weighted by atomic mass is 9.78. The van der Waals surface area contributed by atoms with E-state index in [0.717, 1.165) is 19.4 Å². The Balaban J connectivity index is 1.50. The number of morpholine rings is 1. The Morgan fingerprint density at radius 2 is 1.59 bits per heavy atom. The van der Waals surface area contributed by atoms with Crippen LogP contribution in [0.5, 0.6) is 0 Å². The van der Waals surface area contributed by atoms with Crippen LogP contribution in [0.4, 0.5) is 0 Å². The van der Waals surface area contributed by atoms with E-state index in [9.17, 15) is 13.2 Å². The van der Waals surface area contributed by atoms with Gasteiger partial charge in [-0.3, -0.25) is 4.79 Å². The quantitative estimate of drug-likeness (QED) is 0.753. The molecule has 3 aliphatic rings. The summed E-state index contributed by atoms with van der Waals surface area (Å²) in [4.78, 5) is 15.4. The van der Waals surface area contributed by atoms with Gasteiger partial charge in [0.05, 0.1) is 17.1 Å². The minimum absolute atomic E-state index is 0.0409. The third-order valence-electron chi connectivity index (χ3n) is 6.63. The molecule has 4 rings (SSSR count). The average Bonchev–Trinajstić information content (AvgIpc) is 2.72. The zero-order chi connectivity index (χ0) is 20.6. The van der Waals surface area contributed by atoms with Crippen molar-refractivity contribution in [3.05, 3.63) is 29.8 Å². The first kappa shape index (κ1) is 20.8. The summed E-state index contributed by atoms with van der Waals surface area (Å²) >= 11 is 0. The van der Waals surface area contributed by atoms with Gasteiger partial charge >= 0.3 is 0 Å². The maximum atomic E-state index is 13.2. The van der Waals surface area contributed by atoms with Gasteiger partial charge in [0.2, 0.25) is 10.0 Å². The number of benzene rings is 1. The van der Waals surface area contributed by atoms with E-state index in [1.54, 1.807) is 24.3 Å². The fraction of sp³-hybridized carbons (Fsp3) is 0.682. The van der Waals surface area contributed by atoms with Gasteiger partial charge in [0.1, 0.15) is 0 Å². The van der Waals surface area contributed by atoms with Crippen LogP contribution in [-0.2, 0) is 14.8 Å². The summed E-state index contributed by atoms with van der Waals surface area (Å²) in [6.07, 6.45) is 6.81. The average molecular weight is 421 g/mol. The summed E-state index contributed by atoms with van der Waals surface area (Å²) in [5, 5.41) is 0. The van der Waals surface area contributed by atoms with Gasteiger partial charge in [-0.15, -0.1) is 0 Å². The van der Waals surface area contributed by atoms with E-state index in [-0.39, 0.29) is 23.0 Å². The molecule has 160 valence electrons. The second-order valence-corrected chi connectivity index (χ2v) is 10.8. The van der Waals surface area contributed by atoms with Crippen molar-refractivity contribution in [2.45, 2.75) is 75.5 Å². The molecule has 0 unspecified atom stereocenters. The molecule has 0 N–H and O–H groups in total. The van der Waals surface area contributed by atoms with Gasteiger partial charge < -0.3 is 9.64 Å². The standard InChI is InChI=1S/C22H32N2O4S/c1-16-14-23(15-17(2)28-16)29(26,27)20-11-9-19(10-12-20)22(25)24-13-5-7-18-6-3-4-8-21(18)24/h9-12,16-18,21H,3-8,13-15H2,1-2H3/t16-,17+,18-,21+/m1/s1. The van der Waals surface area contributed by atoms with Crippen molar-refractivity contribution in [3.63, 3.8) is 0 Å². The Kier molecular flexibility index (Phi) is 6.00. The van der Waals surface area contributed by atoms with Crippen LogP contribution in [0.1, 0.15) is 62.7 Å². The zero-order valence-electron chi connectivity index (χ0n) is 17.4. The van der Waals surface area contributed by atoms with Crippen LogP contribution >= 0.6 is 0 Å². The molecule has 1 aromatic rings. The lowest BCUT2D eigenvalue weighted by molar-refractivity contribution is -0.0440. The van der Waals surface area contributed by atoms with Crippen molar-refractivity contribution >= 4 is 15.9 Å². The Hall–Kier alpha value is -1.44. The first-order chi connectivity index (χ1) is 13.9. The molecule has 1 aromatic carbocycles. The van der Waals surface area contributed by atoms with E-state index in [4.69, 9.17) is 4.74 Å². The van der Waals surface area contributed by atoms with Crippen LogP contribution in [0.25, 0.3) is 0 Å². The highest BCUT2D eigenvalue weighted by Gasteiger charge is 2.36. The number of hydrogen-bond acceptors (Lipinski definition) is 4. The van der Waals surface area contributed by atoms with E-state index >= 15 is 0 Å². The van der Waals surface area contributed by atoms with Crippen LogP contribution in [-0.4, -0.2) is 61.4 Å². The molecule has 2 aliphatic heterocycles. The van der Waals surface area contributed by atoms with Crippen molar-refractivity contribution < 1.29 is 17.9 Å². The number of ether oxygens (including phenoxy) is 1. The monoisotopic (exact) mass is 420 g/mol. The SMILES string of the molecule is C[C@@H]1CN(S(=O)(=O)c2ccc(C(=O)N3CCC[C@H]4CCCC[C@@H]43)cc2)C[C@H](C)O1. The molecule has 7 heteroatoms. The Morgan fingerprint density at radius 3 is 2.28 bits per heavy atom. The van der Waals surface area contributed by atoms with Gasteiger partial charge in [0, 0.05) is 31.2 Å². The molecule has 2 heterocycles. The first-order valence-electron chi connectivity index (χ1n) is 10.9. The lowest BCUT2D eigenvalue weighted by Gasteiger charge is -2.44. The van der Waals surface area contributed by atoms with Gasteiger partial charge in [-0.1, -0.05) is 12.8 Å². The van der Waals surface area contributed by atoms with E-state index in [2.05, 4.69) is 0 Å². The number of sulfonamides is 1. The number of carbonyl (C=O) groups excluding carboxylic acids is 1. The predicted molar refractivity (Wildman–Crippen MR) is 111 cm³/mol. The topological polar surface area (TPSA) is 66.9 Å². The summed E-state index contributed by atoms with van der Waals surface area (Å²) in [6, 6.07) is 6.86. The molecule has 0 aromatic heterocycles. The molecule has 29 heavy (non-hydrogen) atoms. The molecule has 0 spiro atoms. The van der Waals surface area contributed by atoms with Crippen molar-refractivity contribution in [2.75, 3.05) is 19.6 Å². The summed E-state index contributed by atoms with van der Waals surface area (Å²) in [5.74, 6) is 0.672. The maximum absolute atomic E-state index is 13.2. The van der Waals surface area contributed by atoms with Crippen molar-refractivity contribution in [3.8, 4) is 0 Å². The highest BCUT2D eigenvalue weighted by Crippen LogP contribution is 2.36. The highest BCUT2D eigenvalue weighted by molar-refractivity contribution is 7.89. The number of carbonyl (C=O) groups is 1. The van der Waals surface area contributed by atoms with Crippen molar-refractivity contribution in [2.24, 2.45) is 5.92 Å². The zero-order valence-corrected chi connectivity index (χ0v) is 18.2. The van der Waals surface area contributed by atoms with Crippen LogP contribution < -0.4 is 0 Å². The molecular weight excluding hydrogens is 388 g/mol. The van der Waals surface area contributed by atoms with E-state index < -0.39 is 10.0 Å². The molecule has 3 fully saturated rings. The van der Waals surface area contributed by atoms with Crippen LogP contribution in [0.3, 0.4) is 0 Å². The fourth-order valence-electron chi connectivity index (χ4n) is 5.29. The van der Waals surface area contributed by atoms with Crippen LogP contribution in [0, 0.1) is 5.92 Å². The highest BCUT2D eigenvalue weighted by atomic mass is 32.2. The summed E-state index contributed by atoms with van der Waals surface area (Å²) in [5.41, 5.74) is 0.582. The Bertz CT molecular complexity index is 827. The van der Waals surface area contributed by atoms with E-state index in [1.807, 2.05) is 18.7 Å². The number of fused-ring (bicyclic) bond motifs is 1. The Labute approximate surface area is 174 Å².